The van der Waals surface area contributed by atoms with Crippen molar-refractivity contribution in [1.29, 1.82) is 0 Å². The van der Waals surface area contributed by atoms with Gasteiger partial charge in [0.25, 0.3) is 0 Å². The van der Waals surface area contributed by atoms with Gasteiger partial charge in [-0.1, -0.05) is 140 Å². The van der Waals surface area contributed by atoms with Crippen LogP contribution >= 0.6 is 0 Å². The van der Waals surface area contributed by atoms with E-state index in [4.69, 9.17) is 9.97 Å². The Kier molecular flexibility index (Phi) is 12.4. The summed E-state index contributed by atoms with van der Waals surface area (Å²) in [7, 11) is 0. The zero-order valence-electron chi connectivity index (χ0n) is 31.6. The van der Waals surface area contributed by atoms with Crippen molar-refractivity contribution in [3.05, 3.63) is 130 Å². The summed E-state index contributed by atoms with van der Waals surface area (Å²) in [5.41, 5.74) is 15.3. The Hall–Kier alpha value is -3.65. The first-order valence-corrected chi connectivity index (χ1v) is 17.8. The largest absolute Gasteiger partial charge is 2.00 e. The van der Waals surface area contributed by atoms with Gasteiger partial charge in [-0.05, 0) is 95.5 Å². The van der Waals surface area contributed by atoms with E-state index in [0.717, 1.165) is 11.4 Å². The number of nitrogens with zero attached hydrogens (tertiary/aromatic N) is 2. The zero-order chi connectivity index (χ0) is 34.9. The minimum atomic E-state index is 0. The van der Waals surface area contributed by atoms with Crippen LogP contribution in [0.3, 0.4) is 0 Å². The van der Waals surface area contributed by atoms with Gasteiger partial charge >= 0.3 is 20.1 Å². The van der Waals surface area contributed by atoms with Crippen molar-refractivity contribution in [2.75, 3.05) is 0 Å². The fourth-order valence-electron chi connectivity index (χ4n) is 7.13. The van der Waals surface area contributed by atoms with E-state index in [1.165, 1.54) is 77.4 Å². The molecule has 0 N–H and O–H groups in total. The second kappa shape index (κ2) is 15.9. The maximum atomic E-state index is 5.19. The van der Waals surface area contributed by atoms with Crippen LogP contribution in [0.2, 0.25) is 0 Å². The molecule has 0 saturated heterocycles. The van der Waals surface area contributed by atoms with Crippen LogP contribution in [0.15, 0.2) is 84.9 Å². The molecule has 0 aliphatic carbocycles. The molecule has 0 aliphatic heterocycles. The minimum Gasteiger partial charge on any atom is -0.252 e. The predicted molar refractivity (Wildman–Crippen MR) is 210 cm³/mol. The summed E-state index contributed by atoms with van der Waals surface area (Å²) in [6.45, 7) is 26.8. The van der Waals surface area contributed by atoms with Crippen LogP contribution < -0.4 is 0 Å². The van der Waals surface area contributed by atoms with Crippen LogP contribution in [0.1, 0.15) is 124 Å². The zero-order valence-corrected chi connectivity index (χ0v) is 34.0. The van der Waals surface area contributed by atoms with Gasteiger partial charge in [-0.15, -0.1) is 0 Å². The first-order chi connectivity index (χ1) is 22.8. The van der Waals surface area contributed by atoms with Gasteiger partial charge < -0.3 is 0 Å². The summed E-state index contributed by atoms with van der Waals surface area (Å²) < 4.78 is 0. The Morgan fingerprint density at radius 1 is 0.388 bits per heavy atom. The smallest absolute Gasteiger partial charge is 0.252 e. The van der Waals surface area contributed by atoms with Gasteiger partial charge in [-0.3, -0.25) is 9.97 Å². The fourth-order valence-corrected chi connectivity index (χ4v) is 7.13. The number of hydrogen-bond donors (Lipinski definition) is 0. The van der Waals surface area contributed by atoms with Crippen molar-refractivity contribution in [1.82, 2.24) is 9.97 Å². The molecule has 0 unspecified atom stereocenters. The van der Waals surface area contributed by atoms with Crippen LogP contribution in [0, 0.1) is 27.7 Å². The normalized spacial score (nSPS) is 11.4. The molecule has 2 nitrogen and oxygen atoms in total. The molecule has 0 spiro atoms. The van der Waals surface area contributed by atoms with E-state index < -0.39 is 0 Å². The van der Waals surface area contributed by atoms with E-state index in [9.17, 15) is 0 Å². The topological polar surface area (TPSA) is 25.8 Å². The number of fused-ring (bicyclic) bond motifs is 2. The Labute approximate surface area is 309 Å². The molecular weight excluding hydrogens is 773 g/mol. The summed E-state index contributed by atoms with van der Waals surface area (Å²) in [5, 5.41) is 5.22. The summed E-state index contributed by atoms with van der Waals surface area (Å²) in [6, 6.07) is 30.5. The molecule has 2 aromatic heterocycles. The molecule has 0 fully saturated rings. The molecule has 4 aromatic carbocycles. The van der Waals surface area contributed by atoms with E-state index in [1.54, 1.807) is 0 Å². The van der Waals surface area contributed by atoms with Gasteiger partial charge in [0.1, 0.15) is 0 Å². The monoisotopic (exact) mass is 827 g/mol. The standard InChI is InChI=1S/2C23H27N.Ir/c2*1-14(2)21-19-11-7-8-12-20(19)23(24-22(21)15(3)4)18-13-9-10-16(5)17(18)6;/h2*7-15H,1-6H3;/q;;+2. The third-order valence-electron chi connectivity index (χ3n) is 9.93. The van der Waals surface area contributed by atoms with E-state index in [1.807, 2.05) is 0 Å². The van der Waals surface area contributed by atoms with Gasteiger partial charge in [0.15, 0.2) is 0 Å². The molecular formula is C46H54IrN2+2. The number of rotatable bonds is 6. The second-order valence-corrected chi connectivity index (χ2v) is 14.7. The summed E-state index contributed by atoms with van der Waals surface area (Å²) >= 11 is 0. The second-order valence-electron chi connectivity index (χ2n) is 14.7. The van der Waals surface area contributed by atoms with Crippen molar-refractivity contribution < 1.29 is 20.1 Å². The molecule has 6 aromatic rings. The molecule has 49 heavy (non-hydrogen) atoms. The molecule has 255 valence electrons. The van der Waals surface area contributed by atoms with Crippen molar-refractivity contribution in [2.45, 2.75) is 107 Å². The average molecular weight is 827 g/mol. The fraction of sp³-hybridized carbons (Fsp3) is 0.348. The van der Waals surface area contributed by atoms with Crippen molar-refractivity contribution in [2.24, 2.45) is 0 Å². The minimum absolute atomic E-state index is 0. The summed E-state index contributed by atoms with van der Waals surface area (Å²) in [4.78, 5) is 10.4. The van der Waals surface area contributed by atoms with Crippen LogP contribution in [-0.4, -0.2) is 9.97 Å². The van der Waals surface area contributed by atoms with E-state index in [0.29, 0.717) is 23.7 Å². The van der Waals surface area contributed by atoms with E-state index in [2.05, 4.69) is 168 Å². The molecule has 3 heteroatoms. The Balaban J connectivity index is 0.000000216. The average Bonchev–Trinajstić information content (AvgIpc) is 3.05. The first kappa shape index (κ1) is 38.2. The third-order valence-corrected chi connectivity index (χ3v) is 9.93. The van der Waals surface area contributed by atoms with Gasteiger partial charge in [-0.2, -0.15) is 0 Å². The number of benzene rings is 4. The van der Waals surface area contributed by atoms with E-state index in [-0.39, 0.29) is 20.1 Å². The maximum Gasteiger partial charge on any atom is 2.00 e. The number of hydrogen-bond acceptors (Lipinski definition) is 2. The van der Waals surface area contributed by atoms with Crippen molar-refractivity contribution in [3.8, 4) is 22.5 Å². The van der Waals surface area contributed by atoms with Crippen molar-refractivity contribution in [3.63, 3.8) is 0 Å². The number of pyridine rings is 2. The van der Waals surface area contributed by atoms with E-state index >= 15 is 0 Å². The van der Waals surface area contributed by atoms with Crippen LogP contribution in [0.25, 0.3) is 44.1 Å². The Bertz CT molecular complexity index is 1930. The van der Waals surface area contributed by atoms with Gasteiger partial charge in [0.05, 0.1) is 11.4 Å². The Morgan fingerprint density at radius 3 is 1.02 bits per heavy atom. The summed E-state index contributed by atoms with van der Waals surface area (Å²) in [5.74, 6) is 1.76. The molecule has 0 atom stereocenters. The van der Waals surface area contributed by atoms with Gasteiger partial charge in [0, 0.05) is 33.3 Å². The third kappa shape index (κ3) is 7.59. The molecule has 0 bridgehead atoms. The molecule has 1 radical (unpaired) electrons. The number of aryl methyl sites for hydroxylation is 2. The van der Waals surface area contributed by atoms with Crippen LogP contribution in [0.5, 0.6) is 0 Å². The molecule has 0 amide bonds. The molecule has 0 saturated carbocycles. The molecule has 2 heterocycles. The van der Waals surface area contributed by atoms with Gasteiger partial charge in [-0.25, -0.2) is 0 Å². The maximum absolute atomic E-state index is 5.19. The Morgan fingerprint density at radius 2 is 0.714 bits per heavy atom. The SMILES string of the molecule is Cc1cccc(-c2nc(C(C)C)c(C(C)C)c3ccccc23)c1C.Cc1cccc(-c2nc(C(C)C)c(C(C)C)c3ccccc23)c1C.[Ir+2]. The van der Waals surface area contributed by atoms with Crippen LogP contribution in [-0.2, 0) is 20.1 Å². The first-order valence-electron chi connectivity index (χ1n) is 17.8. The quantitative estimate of drug-likeness (QED) is 0.167. The van der Waals surface area contributed by atoms with Crippen LogP contribution in [0.4, 0.5) is 0 Å². The molecule has 6 rings (SSSR count). The van der Waals surface area contributed by atoms with Gasteiger partial charge in [0.2, 0.25) is 0 Å². The summed E-state index contributed by atoms with van der Waals surface area (Å²) in [6.07, 6.45) is 0. The number of aromatic nitrogens is 2. The predicted octanol–water partition coefficient (Wildman–Crippen LogP) is 13.5. The molecule has 0 aliphatic rings. The van der Waals surface area contributed by atoms with Crippen molar-refractivity contribution >= 4 is 21.5 Å².